The molecule has 28 heavy (non-hydrogen) atoms. The molecular formula is C23H21N3O2. The van der Waals surface area contributed by atoms with Crippen LogP contribution in [0.3, 0.4) is 0 Å². The quantitative estimate of drug-likeness (QED) is 0.738. The summed E-state index contributed by atoms with van der Waals surface area (Å²) in [6.07, 6.45) is 1.45. The van der Waals surface area contributed by atoms with Gasteiger partial charge in [0.05, 0.1) is 17.0 Å². The van der Waals surface area contributed by atoms with Crippen molar-refractivity contribution in [3.8, 4) is 11.3 Å². The zero-order valence-corrected chi connectivity index (χ0v) is 15.7. The van der Waals surface area contributed by atoms with E-state index in [4.69, 9.17) is 0 Å². The van der Waals surface area contributed by atoms with E-state index >= 15 is 0 Å². The third-order valence-electron chi connectivity index (χ3n) is 4.89. The largest absolute Gasteiger partial charge is 0.322 e. The molecule has 3 aromatic rings. The molecule has 1 saturated heterocycles. The number of rotatable bonds is 4. The molecule has 1 aromatic heterocycles. The van der Waals surface area contributed by atoms with Crippen molar-refractivity contribution in [2.45, 2.75) is 19.8 Å². The van der Waals surface area contributed by atoms with E-state index in [0.29, 0.717) is 23.4 Å². The van der Waals surface area contributed by atoms with E-state index in [1.165, 1.54) is 0 Å². The van der Waals surface area contributed by atoms with Crippen LogP contribution in [0.4, 0.5) is 11.4 Å². The van der Waals surface area contributed by atoms with E-state index in [9.17, 15) is 9.59 Å². The van der Waals surface area contributed by atoms with Gasteiger partial charge in [0.2, 0.25) is 5.91 Å². The lowest BCUT2D eigenvalue weighted by molar-refractivity contribution is -0.117. The van der Waals surface area contributed by atoms with Crippen LogP contribution < -0.4 is 10.2 Å². The normalized spacial score (nSPS) is 13.6. The van der Waals surface area contributed by atoms with E-state index in [1.807, 2.05) is 67.6 Å². The van der Waals surface area contributed by atoms with Gasteiger partial charge in [-0.3, -0.25) is 14.6 Å². The van der Waals surface area contributed by atoms with Gasteiger partial charge in [0, 0.05) is 29.9 Å². The zero-order chi connectivity index (χ0) is 19.5. The Hall–Kier alpha value is -3.47. The predicted octanol–water partition coefficient (Wildman–Crippen LogP) is 4.44. The fourth-order valence-corrected chi connectivity index (χ4v) is 3.44. The van der Waals surface area contributed by atoms with Gasteiger partial charge in [-0.2, -0.15) is 0 Å². The number of anilines is 2. The number of aryl methyl sites for hydroxylation is 1. The highest BCUT2D eigenvalue weighted by Gasteiger charge is 2.22. The lowest BCUT2D eigenvalue weighted by atomic mass is 10.1. The Morgan fingerprint density at radius 2 is 1.86 bits per heavy atom. The summed E-state index contributed by atoms with van der Waals surface area (Å²) < 4.78 is 0. The summed E-state index contributed by atoms with van der Waals surface area (Å²) in [5.41, 5.74) is 4.53. The van der Waals surface area contributed by atoms with Crippen molar-refractivity contribution in [2.75, 3.05) is 16.8 Å². The molecule has 1 N–H and O–H groups in total. The molecule has 0 aliphatic carbocycles. The Kier molecular flexibility index (Phi) is 4.89. The summed E-state index contributed by atoms with van der Waals surface area (Å²) in [4.78, 5) is 31.0. The Morgan fingerprint density at radius 3 is 2.57 bits per heavy atom. The molecule has 0 unspecified atom stereocenters. The summed E-state index contributed by atoms with van der Waals surface area (Å²) in [5.74, 6) is -0.0884. The first-order chi connectivity index (χ1) is 13.6. The van der Waals surface area contributed by atoms with Gasteiger partial charge >= 0.3 is 0 Å². The molecule has 5 nitrogen and oxygen atoms in total. The number of pyridine rings is 1. The highest BCUT2D eigenvalue weighted by atomic mass is 16.2. The average molecular weight is 371 g/mol. The van der Waals surface area contributed by atoms with Crippen LogP contribution in [0, 0.1) is 6.92 Å². The molecule has 1 aliphatic rings. The number of hydrogen-bond donors (Lipinski definition) is 1. The number of carbonyl (C=O) groups excluding carboxylic acids is 2. The van der Waals surface area contributed by atoms with Crippen LogP contribution in [0.25, 0.3) is 11.3 Å². The zero-order valence-electron chi connectivity index (χ0n) is 15.7. The molecular weight excluding hydrogens is 350 g/mol. The minimum Gasteiger partial charge on any atom is -0.322 e. The molecule has 140 valence electrons. The summed E-state index contributed by atoms with van der Waals surface area (Å²) in [5, 5.41) is 2.92. The molecule has 2 aromatic carbocycles. The maximum absolute atomic E-state index is 12.7. The van der Waals surface area contributed by atoms with Crippen molar-refractivity contribution in [2.24, 2.45) is 0 Å². The maximum atomic E-state index is 12.7. The molecule has 1 fully saturated rings. The van der Waals surface area contributed by atoms with Crippen molar-refractivity contribution in [3.63, 3.8) is 0 Å². The summed E-state index contributed by atoms with van der Waals surface area (Å²) in [6, 6.07) is 20.9. The molecule has 0 radical (unpaired) electrons. The van der Waals surface area contributed by atoms with Gasteiger partial charge in [0.25, 0.3) is 5.91 Å². The van der Waals surface area contributed by atoms with Crippen molar-refractivity contribution >= 4 is 23.2 Å². The number of carbonyl (C=O) groups is 2. The molecule has 0 bridgehead atoms. The first-order valence-corrected chi connectivity index (χ1v) is 9.37. The molecule has 2 amide bonds. The van der Waals surface area contributed by atoms with Crippen molar-refractivity contribution in [3.05, 3.63) is 78.0 Å². The summed E-state index contributed by atoms with van der Waals surface area (Å²) in [7, 11) is 0. The van der Waals surface area contributed by atoms with Crippen LogP contribution in [0.1, 0.15) is 28.9 Å². The Bertz CT molecular complexity index is 1030. The predicted molar refractivity (Wildman–Crippen MR) is 110 cm³/mol. The second-order valence-electron chi connectivity index (χ2n) is 6.85. The van der Waals surface area contributed by atoms with Crippen LogP contribution >= 0.6 is 0 Å². The smallest absolute Gasteiger partial charge is 0.257 e. The van der Waals surface area contributed by atoms with Crippen molar-refractivity contribution in [1.82, 2.24) is 4.98 Å². The van der Waals surface area contributed by atoms with Gasteiger partial charge in [-0.1, -0.05) is 36.4 Å². The monoisotopic (exact) mass is 371 g/mol. The Labute approximate surface area is 164 Å². The van der Waals surface area contributed by atoms with Gasteiger partial charge in [-0.15, -0.1) is 0 Å². The van der Waals surface area contributed by atoms with E-state index in [0.717, 1.165) is 29.9 Å². The number of amides is 2. The van der Waals surface area contributed by atoms with Crippen LogP contribution in [0.2, 0.25) is 0 Å². The first kappa shape index (κ1) is 17.9. The third kappa shape index (κ3) is 3.64. The summed E-state index contributed by atoms with van der Waals surface area (Å²) >= 11 is 0. The molecule has 4 rings (SSSR count). The van der Waals surface area contributed by atoms with Gasteiger partial charge in [-0.25, -0.2) is 0 Å². The molecule has 5 heteroatoms. The highest BCUT2D eigenvalue weighted by molar-refractivity contribution is 6.05. The second-order valence-corrected chi connectivity index (χ2v) is 6.85. The van der Waals surface area contributed by atoms with Crippen LogP contribution in [0.15, 0.2) is 66.7 Å². The fraction of sp³-hybridized carbons (Fsp3) is 0.174. The molecule has 0 atom stereocenters. The topological polar surface area (TPSA) is 62.3 Å². The fourth-order valence-electron chi connectivity index (χ4n) is 3.44. The van der Waals surface area contributed by atoms with Gasteiger partial charge in [-0.05, 0) is 43.7 Å². The average Bonchev–Trinajstić information content (AvgIpc) is 3.14. The third-order valence-corrected chi connectivity index (χ3v) is 4.89. The number of hydrogen-bond acceptors (Lipinski definition) is 3. The maximum Gasteiger partial charge on any atom is 0.257 e. The van der Waals surface area contributed by atoms with Gasteiger partial charge in [0.15, 0.2) is 0 Å². The van der Waals surface area contributed by atoms with Gasteiger partial charge < -0.3 is 10.2 Å². The van der Waals surface area contributed by atoms with Crippen LogP contribution in [0.5, 0.6) is 0 Å². The lowest BCUT2D eigenvalue weighted by Crippen LogP contribution is -2.23. The van der Waals surface area contributed by atoms with Crippen LogP contribution in [-0.4, -0.2) is 23.3 Å². The Morgan fingerprint density at radius 1 is 1.04 bits per heavy atom. The lowest BCUT2D eigenvalue weighted by Gasteiger charge is -2.17. The summed E-state index contributed by atoms with van der Waals surface area (Å²) in [6.45, 7) is 2.56. The number of nitrogens with zero attached hydrogens (tertiary/aromatic N) is 2. The minimum absolute atomic E-state index is 0.125. The first-order valence-electron chi connectivity index (χ1n) is 9.37. The standard InChI is InChI=1S/C23H21N3O2/c1-16-20(12-13-21(24-16)17-7-3-2-4-8-17)23(28)25-18-9-5-10-19(15-18)26-14-6-11-22(26)27/h2-5,7-10,12-13,15H,6,11,14H2,1H3,(H,25,28). The van der Waals surface area contributed by atoms with Crippen LogP contribution in [-0.2, 0) is 4.79 Å². The van der Waals surface area contributed by atoms with Gasteiger partial charge in [0.1, 0.15) is 0 Å². The Balaban J connectivity index is 1.53. The molecule has 1 aliphatic heterocycles. The minimum atomic E-state index is -0.213. The molecule has 2 heterocycles. The van der Waals surface area contributed by atoms with E-state index in [2.05, 4.69) is 10.3 Å². The van der Waals surface area contributed by atoms with Crippen molar-refractivity contribution < 1.29 is 9.59 Å². The number of nitrogens with one attached hydrogen (secondary N) is 1. The number of aromatic nitrogens is 1. The number of benzene rings is 2. The molecule has 0 saturated carbocycles. The SMILES string of the molecule is Cc1nc(-c2ccccc2)ccc1C(=O)Nc1cccc(N2CCCC2=O)c1. The highest BCUT2D eigenvalue weighted by Crippen LogP contribution is 2.25. The van der Waals surface area contributed by atoms with E-state index in [1.54, 1.807) is 11.0 Å². The second kappa shape index (κ2) is 7.64. The van der Waals surface area contributed by atoms with E-state index in [-0.39, 0.29) is 11.8 Å². The van der Waals surface area contributed by atoms with E-state index < -0.39 is 0 Å². The van der Waals surface area contributed by atoms with Crippen molar-refractivity contribution in [1.29, 1.82) is 0 Å². The molecule has 0 spiro atoms.